The molecule has 2 aromatic rings. The standard InChI is InChI=1S/C17H18ClNO2/c1-19-10-12-11-20-15-8-4-2-6-13(15)17(12)21-16-9-5-3-7-14(16)18/h2-9,12,17,19H,10-11H2,1H3/t12-,17-/m0/s1. The Morgan fingerprint density at radius 2 is 1.95 bits per heavy atom. The lowest BCUT2D eigenvalue weighted by Gasteiger charge is -2.34. The van der Waals surface area contributed by atoms with Crippen molar-refractivity contribution in [3.8, 4) is 11.5 Å². The molecule has 0 aliphatic carbocycles. The molecule has 0 fully saturated rings. The van der Waals surface area contributed by atoms with E-state index in [0.717, 1.165) is 17.9 Å². The molecule has 21 heavy (non-hydrogen) atoms. The summed E-state index contributed by atoms with van der Waals surface area (Å²) in [6.45, 7) is 1.45. The average Bonchev–Trinajstić information content (AvgIpc) is 2.52. The maximum absolute atomic E-state index is 6.23. The molecule has 1 aliphatic rings. The Balaban J connectivity index is 1.93. The number of fused-ring (bicyclic) bond motifs is 1. The van der Waals surface area contributed by atoms with Crippen molar-refractivity contribution >= 4 is 11.6 Å². The van der Waals surface area contributed by atoms with E-state index in [1.165, 1.54) is 0 Å². The van der Waals surface area contributed by atoms with Crippen LogP contribution < -0.4 is 14.8 Å². The third-order valence-corrected chi connectivity index (χ3v) is 3.98. The summed E-state index contributed by atoms with van der Waals surface area (Å²) in [5.41, 5.74) is 1.07. The zero-order valence-corrected chi connectivity index (χ0v) is 12.6. The minimum atomic E-state index is -0.0673. The Morgan fingerprint density at radius 3 is 2.76 bits per heavy atom. The summed E-state index contributed by atoms with van der Waals surface area (Å²) >= 11 is 6.22. The molecular formula is C17H18ClNO2. The van der Waals surface area contributed by atoms with Crippen LogP contribution in [0.2, 0.25) is 5.02 Å². The van der Waals surface area contributed by atoms with Crippen molar-refractivity contribution in [3.63, 3.8) is 0 Å². The van der Waals surface area contributed by atoms with Gasteiger partial charge in [0.1, 0.15) is 17.6 Å². The second-order valence-corrected chi connectivity index (χ2v) is 5.54. The Kier molecular flexibility index (Phi) is 4.32. The predicted molar refractivity (Wildman–Crippen MR) is 84.2 cm³/mol. The lowest BCUT2D eigenvalue weighted by Crippen LogP contribution is -2.35. The number of para-hydroxylation sites is 2. The Hall–Kier alpha value is -1.71. The first-order valence-corrected chi connectivity index (χ1v) is 7.45. The van der Waals surface area contributed by atoms with Crippen LogP contribution in [0, 0.1) is 5.92 Å². The zero-order chi connectivity index (χ0) is 14.7. The van der Waals surface area contributed by atoms with E-state index in [2.05, 4.69) is 11.4 Å². The Labute approximate surface area is 129 Å². The quantitative estimate of drug-likeness (QED) is 0.934. The van der Waals surface area contributed by atoms with Crippen LogP contribution in [0.4, 0.5) is 0 Å². The summed E-state index contributed by atoms with van der Waals surface area (Å²) in [6.07, 6.45) is -0.0673. The molecule has 0 spiro atoms. The molecule has 0 amide bonds. The van der Waals surface area contributed by atoms with E-state index in [1.807, 2.05) is 49.5 Å². The van der Waals surface area contributed by atoms with Gasteiger partial charge in [0.2, 0.25) is 0 Å². The number of hydrogen-bond acceptors (Lipinski definition) is 3. The minimum Gasteiger partial charge on any atom is -0.493 e. The van der Waals surface area contributed by atoms with Gasteiger partial charge in [-0.15, -0.1) is 0 Å². The highest BCUT2D eigenvalue weighted by Gasteiger charge is 2.32. The van der Waals surface area contributed by atoms with Crippen molar-refractivity contribution in [1.82, 2.24) is 5.32 Å². The second-order valence-electron chi connectivity index (χ2n) is 5.14. The molecule has 0 unspecified atom stereocenters. The third kappa shape index (κ3) is 2.99. The Morgan fingerprint density at radius 1 is 1.19 bits per heavy atom. The van der Waals surface area contributed by atoms with Gasteiger partial charge in [0.15, 0.2) is 0 Å². The SMILES string of the molecule is CNC[C@H]1COc2ccccc2[C@H]1Oc1ccccc1Cl. The first kappa shape index (κ1) is 14.2. The first-order valence-electron chi connectivity index (χ1n) is 7.07. The van der Waals surface area contributed by atoms with Crippen LogP contribution in [0.25, 0.3) is 0 Å². The largest absolute Gasteiger partial charge is 0.493 e. The first-order chi connectivity index (χ1) is 10.3. The van der Waals surface area contributed by atoms with E-state index in [4.69, 9.17) is 21.1 Å². The van der Waals surface area contributed by atoms with Gasteiger partial charge >= 0.3 is 0 Å². The molecule has 0 bridgehead atoms. The van der Waals surface area contributed by atoms with Crippen molar-refractivity contribution in [3.05, 3.63) is 59.1 Å². The summed E-state index contributed by atoms with van der Waals surface area (Å²) in [5.74, 6) is 1.84. The molecular weight excluding hydrogens is 286 g/mol. The van der Waals surface area contributed by atoms with Crippen LogP contribution in [0.3, 0.4) is 0 Å². The van der Waals surface area contributed by atoms with Gasteiger partial charge in [-0.25, -0.2) is 0 Å². The fourth-order valence-corrected chi connectivity index (χ4v) is 2.83. The van der Waals surface area contributed by atoms with Crippen LogP contribution in [-0.4, -0.2) is 20.2 Å². The van der Waals surface area contributed by atoms with E-state index in [0.29, 0.717) is 17.4 Å². The van der Waals surface area contributed by atoms with Crippen molar-refractivity contribution in [1.29, 1.82) is 0 Å². The van der Waals surface area contributed by atoms with Gasteiger partial charge in [-0.3, -0.25) is 0 Å². The van der Waals surface area contributed by atoms with Crippen molar-refractivity contribution in [2.24, 2.45) is 5.92 Å². The molecule has 1 heterocycles. The molecule has 2 aromatic carbocycles. The molecule has 1 N–H and O–H groups in total. The number of ether oxygens (including phenoxy) is 2. The molecule has 0 saturated carbocycles. The molecule has 3 rings (SSSR count). The highest BCUT2D eigenvalue weighted by atomic mass is 35.5. The summed E-state index contributed by atoms with van der Waals surface area (Å²) in [7, 11) is 1.94. The van der Waals surface area contributed by atoms with Gasteiger partial charge in [-0.05, 0) is 25.2 Å². The molecule has 2 atom stereocenters. The topological polar surface area (TPSA) is 30.5 Å². The van der Waals surface area contributed by atoms with Crippen LogP contribution in [-0.2, 0) is 0 Å². The highest BCUT2D eigenvalue weighted by molar-refractivity contribution is 6.32. The number of halogens is 1. The van der Waals surface area contributed by atoms with Crippen LogP contribution in [0.1, 0.15) is 11.7 Å². The molecule has 1 aliphatic heterocycles. The van der Waals surface area contributed by atoms with Gasteiger partial charge in [-0.1, -0.05) is 41.9 Å². The van der Waals surface area contributed by atoms with Crippen molar-refractivity contribution in [2.45, 2.75) is 6.10 Å². The Bertz CT molecular complexity index is 617. The van der Waals surface area contributed by atoms with Gasteiger partial charge in [0.25, 0.3) is 0 Å². The van der Waals surface area contributed by atoms with Gasteiger partial charge in [0, 0.05) is 18.0 Å². The average molecular weight is 304 g/mol. The molecule has 110 valence electrons. The maximum Gasteiger partial charge on any atom is 0.138 e. The van der Waals surface area contributed by atoms with Crippen molar-refractivity contribution in [2.75, 3.05) is 20.2 Å². The summed E-state index contributed by atoms with van der Waals surface area (Å²) in [4.78, 5) is 0. The van der Waals surface area contributed by atoms with Crippen molar-refractivity contribution < 1.29 is 9.47 Å². The number of benzene rings is 2. The number of hydrogen-bond donors (Lipinski definition) is 1. The summed E-state index contributed by atoms with van der Waals surface area (Å²) in [5, 5.41) is 3.83. The monoisotopic (exact) mass is 303 g/mol. The second kappa shape index (κ2) is 6.37. The molecule has 4 heteroatoms. The lowest BCUT2D eigenvalue weighted by atomic mass is 9.93. The summed E-state index contributed by atoms with van der Waals surface area (Å²) in [6, 6.07) is 15.6. The van der Waals surface area contributed by atoms with Crippen LogP contribution >= 0.6 is 11.6 Å². The molecule has 0 radical (unpaired) electrons. The van der Waals surface area contributed by atoms with Gasteiger partial charge in [0.05, 0.1) is 11.6 Å². The fraction of sp³-hybridized carbons (Fsp3) is 0.294. The van der Waals surface area contributed by atoms with Crippen LogP contribution in [0.5, 0.6) is 11.5 Å². The van der Waals surface area contributed by atoms with Gasteiger partial charge < -0.3 is 14.8 Å². The van der Waals surface area contributed by atoms with E-state index in [-0.39, 0.29) is 12.0 Å². The maximum atomic E-state index is 6.23. The molecule has 0 aromatic heterocycles. The molecule has 3 nitrogen and oxygen atoms in total. The van der Waals surface area contributed by atoms with E-state index < -0.39 is 0 Å². The summed E-state index contributed by atoms with van der Waals surface area (Å²) < 4.78 is 12.1. The zero-order valence-electron chi connectivity index (χ0n) is 11.9. The highest BCUT2D eigenvalue weighted by Crippen LogP contribution is 2.39. The van der Waals surface area contributed by atoms with E-state index >= 15 is 0 Å². The molecule has 0 saturated heterocycles. The lowest BCUT2D eigenvalue weighted by molar-refractivity contribution is 0.0705. The van der Waals surface area contributed by atoms with Gasteiger partial charge in [-0.2, -0.15) is 0 Å². The number of nitrogens with one attached hydrogen (secondary N) is 1. The van der Waals surface area contributed by atoms with E-state index in [1.54, 1.807) is 0 Å². The third-order valence-electron chi connectivity index (χ3n) is 3.66. The fourth-order valence-electron chi connectivity index (χ4n) is 2.65. The van der Waals surface area contributed by atoms with E-state index in [9.17, 15) is 0 Å². The number of rotatable bonds is 4. The smallest absolute Gasteiger partial charge is 0.138 e. The van der Waals surface area contributed by atoms with Crippen LogP contribution in [0.15, 0.2) is 48.5 Å². The minimum absolute atomic E-state index is 0.0673. The normalized spacial score (nSPS) is 20.5. The predicted octanol–water partition coefficient (Wildman–Crippen LogP) is 3.69.